The van der Waals surface area contributed by atoms with Gasteiger partial charge in [-0.2, -0.15) is 0 Å². The average molecular weight is 652 g/mol. The summed E-state index contributed by atoms with van der Waals surface area (Å²) in [5.41, 5.74) is 5.58. The van der Waals surface area contributed by atoms with Crippen LogP contribution in [0.25, 0.3) is 21.8 Å². The van der Waals surface area contributed by atoms with E-state index in [1.807, 2.05) is 24.3 Å². The number of carbonyl (C=O) groups is 2. The topological polar surface area (TPSA) is 84.2 Å². The molecule has 2 N–H and O–H groups in total. The van der Waals surface area contributed by atoms with Crippen molar-refractivity contribution in [2.24, 2.45) is 11.8 Å². The molecule has 6 nitrogen and oxygen atoms in total. The van der Waals surface area contributed by atoms with Crippen molar-refractivity contribution in [3.05, 3.63) is 69.0 Å². The first-order chi connectivity index (χ1) is 21.7. The van der Waals surface area contributed by atoms with E-state index in [1.165, 1.54) is 33.3 Å². The highest BCUT2D eigenvalue weighted by atomic mass is 35.5. The number of aromatic nitrogens is 2. The first kappa shape index (κ1) is 32.0. The van der Waals surface area contributed by atoms with E-state index in [0.29, 0.717) is 25.7 Å². The van der Waals surface area contributed by atoms with Gasteiger partial charge >= 0.3 is 11.9 Å². The molecule has 2 unspecified atom stereocenters. The molecular formula is C37H44Cl2N2O4. The maximum Gasteiger partial charge on any atom is 0.317 e. The van der Waals surface area contributed by atoms with Crippen molar-refractivity contribution in [3.8, 4) is 0 Å². The molecule has 2 aromatic carbocycles. The fraction of sp³-hybridized carbons (Fsp3) is 0.514. The van der Waals surface area contributed by atoms with Crippen LogP contribution in [0.2, 0.25) is 10.0 Å². The summed E-state index contributed by atoms with van der Waals surface area (Å²) in [6.45, 7) is 8.28. The van der Waals surface area contributed by atoms with Gasteiger partial charge in [0.05, 0.1) is 21.1 Å². The number of benzene rings is 2. The van der Waals surface area contributed by atoms with Crippen LogP contribution in [0.1, 0.15) is 95.2 Å². The lowest BCUT2D eigenvalue weighted by Gasteiger charge is -2.42. The van der Waals surface area contributed by atoms with Crippen LogP contribution < -0.4 is 0 Å². The minimum atomic E-state index is -0.653. The number of hydrogen-bond donors (Lipinski definition) is 2. The molecule has 6 rings (SSSR count). The quantitative estimate of drug-likeness (QED) is 0.132. The van der Waals surface area contributed by atoms with E-state index in [0.717, 1.165) is 59.6 Å². The zero-order chi connectivity index (χ0) is 31.9. The van der Waals surface area contributed by atoms with E-state index in [2.05, 4.69) is 49.8 Å². The highest BCUT2D eigenvalue weighted by molar-refractivity contribution is 6.35. The predicted octanol–water partition coefficient (Wildman–Crippen LogP) is 9.46. The largest absolute Gasteiger partial charge is 0.458 e. The second kappa shape index (κ2) is 12.7. The lowest BCUT2D eigenvalue weighted by Crippen LogP contribution is -2.46. The van der Waals surface area contributed by atoms with Gasteiger partial charge in [-0.1, -0.05) is 75.2 Å². The molecule has 2 aliphatic rings. The van der Waals surface area contributed by atoms with Crippen LogP contribution in [-0.4, -0.2) is 33.1 Å². The average Bonchev–Trinajstić information content (AvgIpc) is 3.62. The van der Waals surface area contributed by atoms with Crippen molar-refractivity contribution >= 4 is 56.9 Å². The lowest BCUT2D eigenvalue weighted by atomic mass is 9.73. The molecule has 2 atom stereocenters. The van der Waals surface area contributed by atoms with Gasteiger partial charge in [-0.05, 0) is 87.5 Å². The van der Waals surface area contributed by atoms with Gasteiger partial charge in [0.15, 0.2) is 0 Å². The number of esters is 2. The van der Waals surface area contributed by atoms with E-state index in [-0.39, 0.29) is 18.3 Å². The summed E-state index contributed by atoms with van der Waals surface area (Å²) < 4.78 is 12.6. The summed E-state index contributed by atoms with van der Waals surface area (Å²) in [6.07, 6.45) is 7.47. The van der Waals surface area contributed by atoms with Gasteiger partial charge in [-0.25, -0.2) is 0 Å². The minimum absolute atomic E-state index is 0.137. The second-order valence-corrected chi connectivity index (χ2v) is 13.9. The third-order valence-corrected chi connectivity index (χ3v) is 11.8. The van der Waals surface area contributed by atoms with Crippen LogP contribution in [0.5, 0.6) is 0 Å². The molecular weight excluding hydrogens is 607 g/mol. The molecule has 0 radical (unpaired) electrons. The molecule has 0 fully saturated rings. The second-order valence-electron chi connectivity index (χ2n) is 13.0. The molecule has 8 heteroatoms. The molecule has 0 aliphatic heterocycles. The van der Waals surface area contributed by atoms with Gasteiger partial charge in [-0.3, -0.25) is 9.59 Å². The van der Waals surface area contributed by atoms with E-state index < -0.39 is 23.1 Å². The van der Waals surface area contributed by atoms with Gasteiger partial charge in [0, 0.05) is 34.0 Å². The smallest absolute Gasteiger partial charge is 0.317 e. The molecule has 240 valence electrons. The molecule has 2 heterocycles. The Balaban J connectivity index is 1.14. The van der Waals surface area contributed by atoms with Gasteiger partial charge in [0.25, 0.3) is 0 Å². The number of ether oxygens (including phenoxy) is 2. The summed E-state index contributed by atoms with van der Waals surface area (Å²) in [6, 6.07) is 12.0. The number of halogens is 2. The summed E-state index contributed by atoms with van der Waals surface area (Å²) in [4.78, 5) is 34.0. The van der Waals surface area contributed by atoms with Gasteiger partial charge in [-0.15, -0.1) is 0 Å². The minimum Gasteiger partial charge on any atom is -0.458 e. The number of nitrogens with one attached hydrogen (secondary N) is 2. The standard InChI is InChI=1S/C37H44Cl2N2O4/c1-5-36(6-2,22-15-17-24-26-11-9-13-28(38)34(26)40-30(24)19-22)44-32(42)21-33(43)45-37(7-3,8-4)23-16-18-25-27-12-10-14-29(39)35(27)41-31(25)20-23/h9-14,22-23,40-41H,5-8,15-21H2,1-4H3. The third kappa shape index (κ3) is 5.67. The van der Waals surface area contributed by atoms with Crippen LogP contribution in [0.3, 0.4) is 0 Å². The number of fused-ring (bicyclic) bond motifs is 6. The van der Waals surface area contributed by atoms with Crippen LogP contribution >= 0.6 is 23.2 Å². The fourth-order valence-electron chi connectivity index (χ4n) is 8.49. The number of aromatic amines is 2. The Hall–Kier alpha value is -2.96. The Morgan fingerprint density at radius 2 is 1.11 bits per heavy atom. The number of rotatable bonds is 10. The van der Waals surface area contributed by atoms with Gasteiger partial charge < -0.3 is 19.4 Å². The predicted molar refractivity (Wildman–Crippen MR) is 181 cm³/mol. The van der Waals surface area contributed by atoms with Crippen molar-refractivity contribution in [1.29, 1.82) is 0 Å². The Morgan fingerprint density at radius 1 is 0.711 bits per heavy atom. The summed E-state index contributed by atoms with van der Waals surface area (Å²) in [5, 5.41) is 3.78. The number of carbonyl (C=O) groups excluding carboxylic acids is 2. The Morgan fingerprint density at radius 3 is 1.49 bits per heavy atom. The number of aryl methyl sites for hydroxylation is 2. The highest BCUT2D eigenvalue weighted by Gasteiger charge is 2.44. The maximum absolute atomic E-state index is 13.4. The van der Waals surface area contributed by atoms with E-state index in [1.54, 1.807) is 0 Å². The van der Waals surface area contributed by atoms with Crippen LogP contribution in [0.15, 0.2) is 36.4 Å². The molecule has 0 bridgehead atoms. The van der Waals surface area contributed by atoms with Crippen molar-refractivity contribution in [2.75, 3.05) is 0 Å². The SMILES string of the molecule is CCC(CC)(OC(=O)CC(=O)OC(CC)(CC)C1CCc2c([nH]c3c(Cl)cccc23)C1)C1CCc2c([nH]c3c(Cl)cccc23)C1. The van der Waals surface area contributed by atoms with E-state index in [4.69, 9.17) is 32.7 Å². The van der Waals surface area contributed by atoms with Crippen LogP contribution in [0.4, 0.5) is 0 Å². The van der Waals surface area contributed by atoms with E-state index in [9.17, 15) is 9.59 Å². The zero-order valence-electron chi connectivity index (χ0n) is 26.8. The summed E-state index contributed by atoms with van der Waals surface area (Å²) in [5.74, 6) is -0.741. The Bertz CT molecular complexity index is 1600. The monoisotopic (exact) mass is 650 g/mol. The van der Waals surface area contributed by atoms with Crippen molar-refractivity contribution in [1.82, 2.24) is 9.97 Å². The van der Waals surface area contributed by atoms with Crippen LogP contribution in [-0.2, 0) is 44.7 Å². The first-order valence-corrected chi connectivity index (χ1v) is 17.4. The van der Waals surface area contributed by atoms with Crippen molar-refractivity contribution < 1.29 is 19.1 Å². The number of hydrogen-bond acceptors (Lipinski definition) is 4. The molecule has 2 aromatic heterocycles. The van der Waals surface area contributed by atoms with Crippen molar-refractivity contribution in [3.63, 3.8) is 0 Å². The molecule has 2 aliphatic carbocycles. The summed E-state index contributed by atoms with van der Waals surface area (Å²) >= 11 is 13.0. The highest BCUT2D eigenvalue weighted by Crippen LogP contribution is 2.44. The maximum atomic E-state index is 13.4. The molecule has 45 heavy (non-hydrogen) atoms. The summed E-state index contributed by atoms with van der Waals surface area (Å²) in [7, 11) is 0. The number of para-hydroxylation sites is 2. The first-order valence-electron chi connectivity index (χ1n) is 16.7. The molecule has 0 saturated heterocycles. The Kier molecular flexibility index (Phi) is 9.02. The fourth-order valence-corrected chi connectivity index (χ4v) is 8.93. The Labute approximate surface area is 275 Å². The molecule has 0 spiro atoms. The third-order valence-electron chi connectivity index (χ3n) is 11.1. The van der Waals surface area contributed by atoms with Gasteiger partial charge in [0.2, 0.25) is 0 Å². The molecule has 0 amide bonds. The zero-order valence-corrected chi connectivity index (χ0v) is 28.3. The van der Waals surface area contributed by atoms with Crippen molar-refractivity contribution in [2.45, 2.75) is 110 Å². The van der Waals surface area contributed by atoms with Crippen LogP contribution in [0, 0.1) is 11.8 Å². The molecule has 0 saturated carbocycles. The normalized spacial score (nSPS) is 18.5. The van der Waals surface area contributed by atoms with Gasteiger partial charge in [0.1, 0.15) is 17.6 Å². The lowest BCUT2D eigenvalue weighted by molar-refractivity contribution is -0.180. The number of H-pyrrole nitrogens is 2. The molecule has 4 aromatic rings. The van der Waals surface area contributed by atoms with E-state index >= 15 is 0 Å².